The lowest BCUT2D eigenvalue weighted by atomic mass is 9.91. The molecule has 0 saturated carbocycles. The average Bonchev–Trinajstić information content (AvgIpc) is 2.91. The molecule has 0 atom stereocenters. The monoisotopic (exact) mass is 289 g/mol. The van der Waals surface area contributed by atoms with Crippen LogP contribution in [-0.2, 0) is 0 Å². The molecule has 4 nitrogen and oxygen atoms in total. The number of benzene rings is 1. The fourth-order valence-electron chi connectivity index (χ4n) is 1.86. The molecule has 1 heterocycles. The van der Waals surface area contributed by atoms with Crippen LogP contribution in [0.2, 0.25) is 0 Å². The van der Waals surface area contributed by atoms with Crippen molar-refractivity contribution in [2.75, 3.05) is 0 Å². The van der Waals surface area contributed by atoms with Crippen molar-refractivity contribution in [3.05, 3.63) is 52.7 Å². The van der Waals surface area contributed by atoms with E-state index < -0.39 is 0 Å². The van der Waals surface area contributed by atoms with Crippen LogP contribution in [0.5, 0.6) is 0 Å². The first-order valence-electron chi connectivity index (χ1n) is 6.84. The molecule has 114 valence electrons. The maximum atomic E-state index is 12.0. The highest BCUT2D eigenvalue weighted by molar-refractivity contribution is 6.26. The van der Waals surface area contributed by atoms with E-state index in [4.69, 9.17) is 4.42 Å². The SMILES string of the molecule is C.CC.CC.Cc1nc2c(o1)C(=O)c1ccccc1C2=O. The molecule has 1 aromatic carbocycles. The summed E-state index contributed by atoms with van der Waals surface area (Å²) in [5.41, 5.74) is 0.908. The Kier molecular flexibility index (Phi) is 7.28. The summed E-state index contributed by atoms with van der Waals surface area (Å²) in [5.74, 6) is -0.131. The van der Waals surface area contributed by atoms with Gasteiger partial charge in [0.1, 0.15) is 0 Å². The highest BCUT2D eigenvalue weighted by atomic mass is 16.4. The first kappa shape index (κ1) is 18.8. The normalized spacial score (nSPS) is 10.9. The van der Waals surface area contributed by atoms with Gasteiger partial charge in [-0.2, -0.15) is 0 Å². The Labute approximate surface area is 126 Å². The first-order chi connectivity index (χ1) is 9.68. The quantitative estimate of drug-likeness (QED) is 0.613. The average molecular weight is 289 g/mol. The maximum absolute atomic E-state index is 12.0. The molecule has 1 aromatic heterocycles. The van der Waals surface area contributed by atoms with Gasteiger partial charge in [-0.25, -0.2) is 4.98 Å². The molecule has 3 rings (SSSR count). The Morgan fingerprint density at radius 1 is 0.905 bits per heavy atom. The third kappa shape index (κ3) is 3.27. The molecule has 0 bridgehead atoms. The van der Waals surface area contributed by atoms with E-state index in [0.717, 1.165) is 0 Å². The van der Waals surface area contributed by atoms with E-state index in [2.05, 4.69) is 4.98 Å². The van der Waals surface area contributed by atoms with Gasteiger partial charge < -0.3 is 4.42 Å². The number of fused-ring (bicyclic) bond motifs is 2. The highest BCUT2D eigenvalue weighted by Crippen LogP contribution is 2.26. The molecule has 1 aliphatic rings. The summed E-state index contributed by atoms with van der Waals surface area (Å²) in [4.78, 5) is 27.9. The number of rotatable bonds is 0. The summed E-state index contributed by atoms with van der Waals surface area (Å²) in [6, 6.07) is 6.69. The van der Waals surface area contributed by atoms with Gasteiger partial charge in [0.25, 0.3) is 0 Å². The molecule has 1 aliphatic carbocycles. The molecule has 0 aliphatic heterocycles. The van der Waals surface area contributed by atoms with Gasteiger partial charge in [-0.15, -0.1) is 0 Å². The van der Waals surface area contributed by atoms with Crippen molar-refractivity contribution >= 4 is 11.6 Å². The molecule has 21 heavy (non-hydrogen) atoms. The van der Waals surface area contributed by atoms with Crippen LogP contribution < -0.4 is 0 Å². The second kappa shape index (κ2) is 8.15. The summed E-state index contributed by atoms with van der Waals surface area (Å²) >= 11 is 0. The van der Waals surface area contributed by atoms with E-state index in [1.165, 1.54) is 0 Å². The van der Waals surface area contributed by atoms with Crippen LogP contribution in [0.25, 0.3) is 0 Å². The predicted molar refractivity (Wildman–Crippen MR) is 84.0 cm³/mol. The molecule has 0 saturated heterocycles. The number of carbonyl (C=O) groups is 2. The number of aryl methyl sites for hydroxylation is 1. The van der Waals surface area contributed by atoms with Gasteiger partial charge >= 0.3 is 0 Å². The summed E-state index contributed by atoms with van der Waals surface area (Å²) < 4.78 is 5.16. The minimum atomic E-state index is -0.272. The minimum Gasteiger partial charge on any atom is -0.437 e. The number of nitrogens with zero attached hydrogens (tertiary/aromatic N) is 1. The van der Waals surface area contributed by atoms with Crippen LogP contribution in [0.4, 0.5) is 0 Å². The van der Waals surface area contributed by atoms with Crippen molar-refractivity contribution in [3.8, 4) is 0 Å². The zero-order chi connectivity index (χ0) is 15.3. The van der Waals surface area contributed by atoms with E-state index in [-0.39, 0.29) is 30.4 Å². The van der Waals surface area contributed by atoms with Gasteiger partial charge in [0.05, 0.1) is 0 Å². The molecule has 0 unspecified atom stereocenters. The number of hydrogen-bond donors (Lipinski definition) is 0. The van der Waals surface area contributed by atoms with Gasteiger partial charge in [0, 0.05) is 18.1 Å². The van der Waals surface area contributed by atoms with Crippen molar-refractivity contribution in [1.29, 1.82) is 0 Å². The van der Waals surface area contributed by atoms with Crippen LogP contribution >= 0.6 is 0 Å². The summed E-state index contributed by atoms with van der Waals surface area (Å²) in [6.45, 7) is 9.61. The second-order valence-corrected chi connectivity index (χ2v) is 3.61. The minimum absolute atomic E-state index is 0. The smallest absolute Gasteiger partial charge is 0.231 e. The van der Waals surface area contributed by atoms with Crippen molar-refractivity contribution < 1.29 is 14.0 Å². The van der Waals surface area contributed by atoms with Gasteiger partial charge in [-0.05, 0) is 0 Å². The second-order valence-electron chi connectivity index (χ2n) is 3.61. The van der Waals surface area contributed by atoms with Crippen LogP contribution in [0.3, 0.4) is 0 Å². The van der Waals surface area contributed by atoms with Crippen LogP contribution in [0.1, 0.15) is 73.2 Å². The van der Waals surface area contributed by atoms with E-state index in [9.17, 15) is 9.59 Å². The van der Waals surface area contributed by atoms with Crippen molar-refractivity contribution in [3.63, 3.8) is 0 Å². The van der Waals surface area contributed by atoms with Gasteiger partial charge in [-0.1, -0.05) is 59.4 Å². The van der Waals surface area contributed by atoms with E-state index >= 15 is 0 Å². The number of ketones is 2. The number of oxazole rings is 1. The van der Waals surface area contributed by atoms with Crippen LogP contribution in [0, 0.1) is 6.92 Å². The van der Waals surface area contributed by atoms with Crippen LogP contribution in [-0.4, -0.2) is 16.6 Å². The lowest BCUT2D eigenvalue weighted by molar-refractivity contribution is 0.0958. The standard InChI is InChI=1S/C12H7NO3.2C2H6.CH4/c1-6-13-9-10(14)7-4-2-3-5-8(7)11(15)12(9)16-6;2*1-2;/h2-5H,1H3;2*1-2H3;1H4. The zero-order valence-electron chi connectivity index (χ0n) is 12.5. The van der Waals surface area contributed by atoms with E-state index in [1.807, 2.05) is 27.7 Å². The largest absolute Gasteiger partial charge is 0.437 e. The Morgan fingerprint density at radius 3 is 1.90 bits per heavy atom. The fraction of sp³-hybridized carbons (Fsp3) is 0.353. The van der Waals surface area contributed by atoms with Crippen LogP contribution in [0.15, 0.2) is 28.7 Å². The maximum Gasteiger partial charge on any atom is 0.231 e. The molecule has 0 radical (unpaired) electrons. The van der Waals surface area contributed by atoms with Gasteiger partial charge in [0.2, 0.25) is 17.3 Å². The molecule has 4 heteroatoms. The first-order valence-corrected chi connectivity index (χ1v) is 6.84. The highest BCUT2D eigenvalue weighted by Gasteiger charge is 2.34. The zero-order valence-corrected chi connectivity index (χ0v) is 12.5. The van der Waals surface area contributed by atoms with Gasteiger partial charge in [0.15, 0.2) is 11.6 Å². The van der Waals surface area contributed by atoms with Gasteiger partial charge in [-0.3, -0.25) is 9.59 Å². The third-order valence-electron chi connectivity index (χ3n) is 2.57. The Balaban J connectivity index is 0.000000741. The summed E-state index contributed by atoms with van der Waals surface area (Å²) in [7, 11) is 0. The lowest BCUT2D eigenvalue weighted by Crippen LogP contribution is -2.19. The van der Waals surface area contributed by atoms with Crippen molar-refractivity contribution in [2.45, 2.75) is 42.0 Å². The Morgan fingerprint density at radius 2 is 1.38 bits per heavy atom. The molecule has 0 fully saturated rings. The molecular weight excluding hydrogens is 266 g/mol. The van der Waals surface area contributed by atoms with Crippen molar-refractivity contribution in [1.82, 2.24) is 4.98 Å². The molecule has 0 amide bonds. The van der Waals surface area contributed by atoms with E-state index in [1.54, 1.807) is 31.2 Å². The topological polar surface area (TPSA) is 60.2 Å². The molecule has 2 aromatic rings. The summed E-state index contributed by atoms with van der Waals surface area (Å²) in [6.07, 6.45) is 0. The predicted octanol–water partition coefficient (Wildman–Crippen LogP) is 4.45. The Hall–Kier alpha value is -2.23. The summed E-state index contributed by atoms with van der Waals surface area (Å²) in [5, 5.41) is 0. The Bertz CT molecular complexity index is 574. The molecule has 0 N–H and O–H groups in total. The third-order valence-corrected chi connectivity index (χ3v) is 2.57. The molecule has 0 spiro atoms. The number of aromatic nitrogens is 1. The lowest BCUT2D eigenvalue weighted by Gasteiger charge is -2.10. The van der Waals surface area contributed by atoms with Crippen molar-refractivity contribution in [2.24, 2.45) is 0 Å². The number of hydrogen-bond acceptors (Lipinski definition) is 4. The fourth-order valence-corrected chi connectivity index (χ4v) is 1.86. The molecular formula is C17H23NO3. The number of carbonyl (C=O) groups excluding carboxylic acids is 2. The van der Waals surface area contributed by atoms with E-state index in [0.29, 0.717) is 17.0 Å².